The number of rotatable bonds is 2. The van der Waals surface area contributed by atoms with E-state index in [0.29, 0.717) is 6.42 Å². The molecule has 2 N–H and O–H groups in total. The molecule has 0 bridgehead atoms. The monoisotopic (exact) mass is 230 g/mol. The molecule has 0 radical (unpaired) electrons. The minimum absolute atomic E-state index is 0.205. The fraction of sp³-hybridized carbons (Fsp3) is 0.333. The van der Waals surface area contributed by atoms with Crippen molar-refractivity contribution in [2.75, 3.05) is 0 Å². The molecule has 1 aliphatic rings. The van der Waals surface area contributed by atoms with Crippen molar-refractivity contribution in [1.29, 1.82) is 0 Å². The molecule has 0 amide bonds. The van der Waals surface area contributed by atoms with Gasteiger partial charge in [-0.1, -0.05) is 44.2 Å². The number of allylic oxidation sites excluding steroid dienone is 2. The summed E-state index contributed by atoms with van der Waals surface area (Å²) in [5.41, 5.74) is 1.43. The van der Waals surface area contributed by atoms with Crippen molar-refractivity contribution in [3.63, 3.8) is 0 Å². The van der Waals surface area contributed by atoms with Gasteiger partial charge in [0.15, 0.2) is 0 Å². The highest BCUT2D eigenvalue weighted by atomic mass is 16.3. The lowest BCUT2D eigenvalue weighted by Crippen LogP contribution is -2.33. The van der Waals surface area contributed by atoms with Crippen molar-refractivity contribution in [3.8, 4) is 5.75 Å². The van der Waals surface area contributed by atoms with Crippen LogP contribution in [0.5, 0.6) is 5.75 Å². The van der Waals surface area contributed by atoms with Crippen LogP contribution in [0.4, 0.5) is 0 Å². The van der Waals surface area contributed by atoms with Crippen LogP contribution in [0, 0.1) is 5.92 Å². The number of benzene rings is 1. The van der Waals surface area contributed by atoms with Gasteiger partial charge in [0, 0.05) is 0 Å². The molecule has 0 spiro atoms. The molecular weight excluding hydrogens is 212 g/mol. The minimum atomic E-state index is -0.722. The highest BCUT2D eigenvalue weighted by Crippen LogP contribution is 2.31. The zero-order valence-corrected chi connectivity index (χ0v) is 10.2. The smallest absolute Gasteiger partial charge is 0.115 e. The van der Waals surface area contributed by atoms with E-state index < -0.39 is 5.60 Å². The molecule has 0 aliphatic heterocycles. The van der Waals surface area contributed by atoms with E-state index in [1.807, 2.05) is 44.2 Å². The number of phenolic OH excluding ortho intramolecular Hbond substituents is 1. The van der Waals surface area contributed by atoms with Crippen LogP contribution in [0.2, 0.25) is 0 Å². The SMILES string of the molecule is CC(C)C1(O)C=CC(c2ccc(O)cc2)=CC1. The Kier molecular flexibility index (Phi) is 3.07. The van der Waals surface area contributed by atoms with Crippen LogP contribution in [0.25, 0.3) is 5.57 Å². The Morgan fingerprint density at radius 1 is 1.18 bits per heavy atom. The van der Waals surface area contributed by atoms with Gasteiger partial charge in [-0.25, -0.2) is 0 Å². The lowest BCUT2D eigenvalue weighted by atomic mass is 9.82. The molecule has 1 atom stereocenters. The molecule has 0 fully saturated rings. The molecule has 90 valence electrons. The van der Waals surface area contributed by atoms with Gasteiger partial charge in [-0.3, -0.25) is 0 Å². The first kappa shape index (κ1) is 11.9. The van der Waals surface area contributed by atoms with E-state index >= 15 is 0 Å². The fourth-order valence-electron chi connectivity index (χ4n) is 1.94. The molecule has 1 aromatic carbocycles. The first-order valence-corrected chi connectivity index (χ1v) is 5.92. The summed E-state index contributed by atoms with van der Waals surface area (Å²) in [6.45, 7) is 4.04. The van der Waals surface area contributed by atoms with E-state index in [0.717, 1.165) is 11.1 Å². The van der Waals surface area contributed by atoms with Crippen LogP contribution < -0.4 is 0 Å². The summed E-state index contributed by atoms with van der Waals surface area (Å²) in [6.07, 6.45) is 6.51. The Bertz CT molecular complexity index is 454. The molecule has 1 aromatic rings. The van der Waals surface area contributed by atoms with Crippen LogP contribution in [-0.4, -0.2) is 15.8 Å². The third kappa shape index (κ3) is 2.42. The van der Waals surface area contributed by atoms with Crippen molar-refractivity contribution in [2.24, 2.45) is 5.92 Å². The lowest BCUT2D eigenvalue weighted by Gasteiger charge is -2.30. The third-order valence-electron chi connectivity index (χ3n) is 3.40. The Morgan fingerprint density at radius 3 is 2.29 bits per heavy atom. The first-order valence-electron chi connectivity index (χ1n) is 5.92. The second kappa shape index (κ2) is 4.38. The predicted octanol–water partition coefficient (Wildman–Crippen LogP) is 3.12. The van der Waals surface area contributed by atoms with E-state index in [1.165, 1.54) is 0 Å². The molecule has 0 saturated carbocycles. The van der Waals surface area contributed by atoms with Crippen molar-refractivity contribution < 1.29 is 10.2 Å². The summed E-state index contributed by atoms with van der Waals surface area (Å²) in [5.74, 6) is 0.476. The Hall–Kier alpha value is -1.54. The van der Waals surface area contributed by atoms with Crippen molar-refractivity contribution in [3.05, 3.63) is 48.1 Å². The van der Waals surface area contributed by atoms with Crippen LogP contribution in [-0.2, 0) is 0 Å². The van der Waals surface area contributed by atoms with E-state index in [9.17, 15) is 10.2 Å². The molecule has 0 aromatic heterocycles. The van der Waals surface area contributed by atoms with Crippen LogP contribution >= 0.6 is 0 Å². The van der Waals surface area contributed by atoms with Gasteiger partial charge in [0.2, 0.25) is 0 Å². The Balaban J connectivity index is 2.20. The number of aliphatic hydroxyl groups is 1. The van der Waals surface area contributed by atoms with Gasteiger partial charge in [0.05, 0.1) is 5.60 Å². The zero-order valence-electron chi connectivity index (χ0n) is 10.2. The van der Waals surface area contributed by atoms with Crippen molar-refractivity contribution in [1.82, 2.24) is 0 Å². The van der Waals surface area contributed by atoms with E-state index in [4.69, 9.17) is 0 Å². The van der Waals surface area contributed by atoms with Crippen LogP contribution in [0.1, 0.15) is 25.8 Å². The molecule has 0 heterocycles. The zero-order chi connectivity index (χ0) is 12.5. The van der Waals surface area contributed by atoms with Crippen molar-refractivity contribution in [2.45, 2.75) is 25.9 Å². The summed E-state index contributed by atoms with van der Waals surface area (Å²) in [7, 11) is 0. The Morgan fingerprint density at radius 2 is 1.82 bits per heavy atom. The molecule has 17 heavy (non-hydrogen) atoms. The average Bonchev–Trinajstić information content (AvgIpc) is 2.31. The number of aromatic hydroxyl groups is 1. The van der Waals surface area contributed by atoms with Crippen LogP contribution in [0.15, 0.2) is 42.5 Å². The average molecular weight is 230 g/mol. The molecule has 2 rings (SSSR count). The van der Waals surface area contributed by atoms with Gasteiger partial charge >= 0.3 is 0 Å². The summed E-state index contributed by atoms with van der Waals surface area (Å²) in [4.78, 5) is 0. The van der Waals surface area contributed by atoms with E-state index in [2.05, 4.69) is 0 Å². The molecular formula is C15H18O2. The topological polar surface area (TPSA) is 40.5 Å². The summed E-state index contributed by atoms with van der Waals surface area (Å²) in [5, 5.41) is 19.5. The second-order valence-electron chi connectivity index (χ2n) is 4.89. The van der Waals surface area contributed by atoms with Crippen molar-refractivity contribution >= 4 is 5.57 Å². The molecule has 0 saturated heterocycles. The predicted molar refractivity (Wildman–Crippen MR) is 69.6 cm³/mol. The quantitative estimate of drug-likeness (QED) is 0.819. The molecule has 1 aliphatic carbocycles. The standard InChI is InChI=1S/C15H18O2/c1-11(2)15(17)9-7-13(8-10-15)12-3-5-14(16)6-4-12/h3-9,11,16-17H,10H2,1-2H3. The van der Waals surface area contributed by atoms with Gasteiger partial charge in [-0.15, -0.1) is 0 Å². The number of phenols is 1. The summed E-state index contributed by atoms with van der Waals surface area (Å²) in [6, 6.07) is 7.11. The van der Waals surface area contributed by atoms with Crippen LogP contribution in [0.3, 0.4) is 0 Å². The van der Waals surface area contributed by atoms with E-state index in [1.54, 1.807) is 12.1 Å². The summed E-state index contributed by atoms with van der Waals surface area (Å²) < 4.78 is 0. The van der Waals surface area contributed by atoms with E-state index in [-0.39, 0.29) is 11.7 Å². The maximum atomic E-state index is 10.3. The van der Waals surface area contributed by atoms with Gasteiger partial charge in [0.25, 0.3) is 0 Å². The molecule has 2 heteroatoms. The number of hydrogen-bond donors (Lipinski definition) is 2. The summed E-state index contributed by atoms with van der Waals surface area (Å²) >= 11 is 0. The van der Waals surface area contributed by atoms with Gasteiger partial charge in [-0.2, -0.15) is 0 Å². The highest BCUT2D eigenvalue weighted by molar-refractivity contribution is 5.75. The minimum Gasteiger partial charge on any atom is -0.508 e. The first-order chi connectivity index (χ1) is 8.01. The normalized spacial score (nSPS) is 23.9. The largest absolute Gasteiger partial charge is 0.508 e. The van der Waals surface area contributed by atoms with Gasteiger partial charge < -0.3 is 10.2 Å². The maximum Gasteiger partial charge on any atom is 0.115 e. The van der Waals surface area contributed by atoms with Gasteiger partial charge in [-0.05, 0) is 35.6 Å². The highest BCUT2D eigenvalue weighted by Gasteiger charge is 2.28. The fourth-order valence-corrected chi connectivity index (χ4v) is 1.94. The van der Waals surface area contributed by atoms with Gasteiger partial charge in [0.1, 0.15) is 5.75 Å². The second-order valence-corrected chi connectivity index (χ2v) is 4.89. The third-order valence-corrected chi connectivity index (χ3v) is 3.40. The molecule has 2 nitrogen and oxygen atoms in total. The lowest BCUT2D eigenvalue weighted by molar-refractivity contribution is 0.0455. The number of hydrogen-bond acceptors (Lipinski definition) is 2. The maximum absolute atomic E-state index is 10.3. The molecule has 1 unspecified atom stereocenters. The Labute approximate surface area is 102 Å².